The number of halogens is 3. The van der Waals surface area contributed by atoms with E-state index < -0.39 is 28.5 Å². The largest absolute Gasteiger partial charge is 0.354 e. The molecule has 0 spiro atoms. The van der Waals surface area contributed by atoms with Gasteiger partial charge in [-0.2, -0.15) is 0 Å². The van der Waals surface area contributed by atoms with Crippen LogP contribution in [0.2, 0.25) is 15.1 Å². The number of amides is 2. The molecule has 3 aromatic carbocycles. The van der Waals surface area contributed by atoms with Gasteiger partial charge in [0.15, 0.2) is 0 Å². The second-order valence-corrected chi connectivity index (χ2v) is 13.4. The monoisotopic (exact) mass is 637 g/mol. The van der Waals surface area contributed by atoms with Gasteiger partial charge in [-0.15, -0.1) is 0 Å². The van der Waals surface area contributed by atoms with Gasteiger partial charge >= 0.3 is 0 Å². The Balaban J connectivity index is 2.09. The first-order valence-electron chi connectivity index (χ1n) is 13.1. The summed E-state index contributed by atoms with van der Waals surface area (Å²) in [5, 5.41) is 3.79. The molecule has 3 rings (SSSR count). The number of nitrogens with zero attached hydrogens (tertiary/aromatic N) is 2. The van der Waals surface area contributed by atoms with E-state index in [4.69, 9.17) is 34.8 Å². The summed E-state index contributed by atoms with van der Waals surface area (Å²) in [6, 6.07) is 15.2. The van der Waals surface area contributed by atoms with E-state index in [1.165, 1.54) is 23.1 Å². The van der Waals surface area contributed by atoms with Crippen LogP contribution < -0.4 is 9.62 Å². The number of anilines is 1. The smallest absolute Gasteiger partial charge is 0.264 e. The van der Waals surface area contributed by atoms with Crippen molar-refractivity contribution in [1.82, 2.24) is 10.2 Å². The first kappa shape index (κ1) is 32.7. The van der Waals surface area contributed by atoms with Gasteiger partial charge in [-0.3, -0.25) is 13.9 Å². The lowest BCUT2D eigenvalue weighted by molar-refractivity contribution is -0.139. The highest BCUT2D eigenvalue weighted by molar-refractivity contribution is 7.92. The van der Waals surface area contributed by atoms with Crippen LogP contribution in [0.15, 0.2) is 65.6 Å². The van der Waals surface area contributed by atoms with Gasteiger partial charge in [-0.05, 0) is 68.7 Å². The van der Waals surface area contributed by atoms with E-state index in [0.29, 0.717) is 32.7 Å². The Labute approximate surface area is 257 Å². The Hall–Kier alpha value is -2.78. The molecule has 0 radical (unpaired) electrons. The average molecular weight is 639 g/mol. The Bertz CT molecular complexity index is 1490. The molecule has 0 fully saturated rings. The van der Waals surface area contributed by atoms with E-state index in [0.717, 1.165) is 9.87 Å². The summed E-state index contributed by atoms with van der Waals surface area (Å²) < 4.78 is 29.0. The van der Waals surface area contributed by atoms with Crippen LogP contribution in [0.3, 0.4) is 0 Å². The number of rotatable bonds is 11. The average Bonchev–Trinajstić information content (AvgIpc) is 2.91. The third kappa shape index (κ3) is 8.16. The lowest BCUT2D eigenvalue weighted by Crippen LogP contribution is -2.51. The van der Waals surface area contributed by atoms with Crippen molar-refractivity contribution in [2.24, 2.45) is 5.92 Å². The fourth-order valence-corrected chi connectivity index (χ4v) is 6.24. The van der Waals surface area contributed by atoms with Crippen molar-refractivity contribution >= 4 is 62.3 Å². The summed E-state index contributed by atoms with van der Waals surface area (Å²) in [6.45, 7) is 8.79. The normalized spacial score (nSPS) is 12.2. The fourth-order valence-electron chi connectivity index (χ4n) is 4.09. The van der Waals surface area contributed by atoms with Crippen LogP contribution in [-0.2, 0) is 26.2 Å². The number of benzene rings is 3. The predicted molar refractivity (Wildman–Crippen MR) is 166 cm³/mol. The second-order valence-electron chi connectivity index (χ2n) is 10.3. The molecule has 0 saturated heterocycles. The van der Waals surface area contributed by atoms with Gasteiger partial charge in [0.1, 0.15) is 12.6 Å². The highest BCUT2D eigenvalue weighted by atomic mass is 35.5. The third-order valence-electron chi connectivity index (χ3n) is 6.57. The Kier molecular flexibility index (Phi) is 11.1. The zero-order valence-electron chi connectivity index (χ0n) is 23.6. The molecule has 0 heterocycles. The molecular weight excluding hydrogens is 605 g/mol. The van der Waals surface area contributed by atoms with Crippen molar-refractivity contribution in [3.8, 4) is 0 Å². The summed E-state index contributed by atoms with van der Waals surface area (Å²) in [4.78, 5) is 28.5. The maximum Gasteiger partial charge on any atom is 0.264 e. The molecule has 1 unspecified atom stereocenters. The van der Waals surface area contributed by atoms with Crippen molar-refractivity contribution < 1.29 is 18.0 Å². The molecule has 2 amide bonds. The zero-order valence-corrected chi connectivity index (χ0v) is 26.7. The van der Waals surface area contributed by atoms with Crippen molar-refractivity contribution in [3.05, 3.63) is 92.4 Å². The summed E-state index contributed by atoms with van der Waals surface area (Å²) in [6.07, 6.45) is 0. The quantitative estimate of drug-likeness (QED) is 0.255. The molecule has 0 aliphatic heterocycles. The Morgan fingerprint density at radius 2 is 1.51 bits per heavy atom. The molecule has 0 saturated carbocycles. The van der Waals surface area contributed by atoms with E-state index in [2.05, 4.69) is 5.32 Å². The maximum absolute atomic E-state index is 14.1. The molecule has 41 heavy (non-hydrogen) atoms. The van der Waals surface area contributed by atoms with Crippen LogP contribution in [0.5, 0.6) is 0 Å². The molecular formula is C30H34Cl3N3O4S. The first-order valence-corrected chi connectivity index (χ1v) is 15.7. The standard InChI is InChI=1S/C30H34Cl3N3O4S/c1-19(2)16-34-30(38)22(5)35(17-25-26(32)7-6-8-27(25)33)29(37)18-36(28-15-23(31)12-11-21(28)4)41(39,40)24-13-9-20(3)10-14-24/h6-15,19,22H,16-18H2,1-5H3,(H,34,38). The molecule has 0 aliphatic rings. The predicted octanol–water partition coefficient (Wildman–Crippen LogP) is 6.65. The Morgan fingerprint density at radius 1 is 0.902 bits per heavy atom. The van der Waals surface area contributed by atoms with Gasteiger partial charge in [0.2, 0.25) is 11.8 Å². The van der Waals surface area contributed by atoms with Crippen LogP contribution in [0.1, 0.15) is 37.5 Å². The second kappa shape index (κ2) is 13.9. The van der Waals surface area contributed by atoms with Crippen molar-refractivity contribution in [3.63, 3.8) is 0 Å². The SMILES string of the molecule is Cc1ccc(S(=O)(=O)N(CC(=O)N(Cc2c(Cl)cccc2Cl)C(C)C(=O)NCC(C)C)c2cc(Cl)ccc2C)cc1. The minimum absolute atomic E-state index is 0.0127. The van der Waals surface area contributed by atoms with Crippen LogP contribution >= 0.6 is 34.8 Å². The van der Waals surface area contributed by atoms with Crippen LogP contribution in [0, 0.1) is 19.8 Å². The van der Waals surface area contributed by atoms with Gasteiger partial charge in [0.25, 0.3) is 10.0 Å². The van der Waals surface area contributed by atoms with E-state index in [9.17, 15) is 18.0 Å². The maximum atomic E-state index is 14.1. The molecule has 1 atom stereocenters. The van der Waals surface area contributed by atoms with E-state index in [-0.39, 0.29) is 29.0 Å². The summed E-state index contributed by atoms with van der Waals surface area (Å²) in [7, 11) is -4.22. The molecule has 220 valence electrons. The number of nitrogens with one attached hydrogen (secondary N) is 1. The first-order chi connectivity index (χ1) is 19.2. The van der Waals surface area contributed by atoms with Crippen LogP contribution in [0.4, 0.5) is 5.69 Å². The molecule has 1 N–H and O–H groups in total. The highest BCUT2D eigenvalue weighted by Crippen LogP contribution is 2.31. The molecule has 7 nitrogen and oxygen atoms in total. The summed E-state index contributed by atoms with van der Waals surface area (Å²) >= 11 is 19.1. The molecule has 0 bridgehead atoms. The van der Waals surface area contributed by atoms with Gasteiger partial charge in [0, 0.05) is 33.7 Å². The number of hydrogen-bond donors (Lipinski definition) is 1. The molecule has 3 aromatic rings. The number of aryl methyl sites for hydroxylation is 2. The molecule has 0 aliphatic carbocycles. The number of hydrogen-bond acceptors (Lipinski definition) is 4. The molecule has 0 aromatic heterocycles. The topological polar surface area (TPSA) is 86.8 Å². The Morgan fingerprint density at radius 3 is 2.10 bits per heavy atom. The van der Waals surface area contributed by atoms with Gasteiger partial charge in [0.05, 0.1) is 10.6 Å². The summed E-state index contributed by atoms with van der Waals surface area (Å²) in [5.41, 5.74) is 2.18. The zero-order chi connectivity index (χ0) is 30.5. The lowest BCUT2D eigenvalue weighted by Gasteiger charge is -2.33. The van der Waals surface area contributed by atoms with Crippen LogP contribution in [0.25, 0.3) is 0 Å². The van der Waals surface area contributed by atoms with Gasteiger partial charge in [-0.25, -0.2) is 8.42 Å². The minimum atomic E-state index is -4.22. The van der Waals surface area contributed by atoms with Crippen molar-refractivity contribution in [1.29, 1.82) is 0 Å². The van der Waals surface area contributed by atoms with E-state index in [1.54, 1.807) is 56.3 Å². The van der Waals surface area contributed by atoms with Crippen molar-refractivity contribution in [2.45, 2.75) is 52.1 Å². The fraction of sp³-hybridized carbons (Fsp3) is 0.333. The number of carbonyl (C=O) groups excluding carboxylic acids is 2. The van der Waals surface area contributed by atoms with Gasteiger partial charge in [-0.1, -0.05) is 78.5 Å². The van der Waals surface area contributed by atoms with Crippen molar-refractivity contribution in [2.75, 3.05) is 17.4 Å². The van der Waals surface area contributed by atoms with Gasteiger partial charge < -0.3 is 10.2 Å². The van der Waals surface area contributed by atoms with E-state index >= 15 is 0 Å². The summed E-state index contributed by atoms with van der Waals surface area (Å²) in [5.74, 6) is -0.820. The minimum Gasteiger partial charge on any atom is -0.354 e. The van der Waals surface area contributed by atoms with E-state index in [1.807, 2.05) is 20.8 Å². The molecule has 11 heteroatoms. The van der Waals surface area contributed by atoms with Crippen LogP contribution in [-0.4, -0.2) is 44.3 Å². The third-order valence-corrected chi connectivity index (χ3v) is 9.29. The number of sulfonamides is 1. The highest BCUT2D eigenvalue weighted by Gasteiger charge is 2.33. The lowest BCUT2D eigenvalue weighted by atomic mass is 10.1. The number of carbonyl (C=O) groups is 2.